The Morgan fingerprint density at radius 2 is 2.41 bits per heavy atom. The van der Waals surface area contributed by atoms with Gasteiger partial charge in [0, 0.05) is 12.5 Å². The zero-order valence-corrected chi connectivity index (χ0v) is 13.0. The average molecular weight is 316 g/mol. The first-order valence-electron chi connectivity index (χ1n) is 7.29. The van der Waals surface area contributed by atoms with Gasteiger partial charge in [-0.25, -0.2) is 9.67 Å². The summed E-state index contributed by atoms with van der Waals surface area (Å²) in [5, 5.41) is 18.1. The summed E-state index contributed by atoms with van der Waals surface area (Å²) in [6, 6.07) is 4.30. The van der Waals surface area contributed by atoms with Crippen LogP contribution >= 0.6 is 11.3 Å². The molecule has 114 valence electrons. The van der Waals surface area contributed by atoms with Crippen molar-refractivity contribution >= 4 is 11.3 Å². The fourth-order valence-electron chi connectivity index (χ4n) is 2.71. The molecule has 4 rings (SSSR count). The van der Waals surface area contributed by atoms with Crippen LogP contribution in [-0.2, 0) is 13.0 Å². The second kappa shape index (κ2) is 5.62. The highest BCUT2D eigenvalue weighted by Crippen LogP contribution is 2.25. The molecule has 0 unspecified atom stereocenters. The van der Waals surface area contributed by atoms with E-state index < -0.39 is 0 Å². The van der Waals surface area contributed by atoms with Gasteiger partial charge in [-0.3, -0.25) is 0 Å². The summed E-state index contributed by atoms with van der Waals surface area (Å²) in [6.07, 6.45) is 3.59. The number of aryl methyl sites for hydroxylation is 1. The van der Waals surface area contributed by atoms with Gasteiger partial charge in [0.15, 0.2) is 0 Å². The maximum atomic E-state index is 5.78. The van der Waals surface area contributed by atoms with Crippen LogP contribution in [0.4, 0.5) is 0 Å². The van der Waals surface area contributed by atoms with Crippen LogP contribution < -0.4 is 5.32 Å². The fraction of sp³-hybridized carbons (Fsp3) is 0.429. The second-order valence-corrected chi connectivity index (χ2v) is 6.35. The summed E-state index contributed by atoms with van der Waals surface area (Å²) >= 11 is 1.59. The Balaban J connectivity index is 1.43. The molecule has 0 amide bonds. The Bertz CT molecular complexity index is 749. The van der Waals surface area contributed by atoms with Gasteiger partial charge in [-0.1, -0.05) is 6.07 Å². The summed E-state index contributed by atoms with van der Waals surface area (Å²) < 4.78 is 7.73. The SMILES string of the molecule is C[C@H](N[C@H]1CCc2ncnn2C1)c1nnc(-c2cccs2)o1. The average Bonchev–Trinajstić information content (AvgIpc) is 3.26. The molecule has 2 atom stereocenters. The Kier molecular flexibility index (Phi) is 3.47. The smallest absolute Gasteiger partial charge is 0.257 e. The van der Waals surface area contributed by atoms with Crippen LogP contribution in [0.15, 0.2) is 28.3 Å². The van der Waals surface area contributed by atoms with E-state index in [0.717, 1.165) is 30.1 Å². The van der Waals surface area contributed by atoms with Crippen molar-refractivity contribution in [2.45, 2.75) is 38.4 Å². The van der Waals surface area contributed by atoms with Crippen LogP contribution in [0.2, 0.25) is 0 Å². The second-order valence-electron chi connectivity index (χ2n) is 5.41. The summed E-state index contributed by atoms with van der Waals surface area (Å²) in [5.41, 5.74) is 0. The molecule has 0 bridgehead atoms. The van der Waals surface area contributed by atoms with Crippen molar-refractivity contribution < 1.29 is 4.42 Å². The van der Waals surface area contributed by atoms with Crippen LogP contribution in [0.5, 0.6) is 0 Å². The van der Waals surface area contributed by atoms with Crippen molar-refractivity contribution in [1.82, 2.24) is 30.3 Å². The highest BCUT2D eigenvalue weighted by atomic mass is 32.1. The van der Waals surface area contributed by atoms with Crippen LogP contribution in [0.3, 0.4) is 0 Å². The fourth-order valence-corrected chi connectivity index (χ4v) is 3.35. The van der Waals surface area contributed by atoms with Crippen LogP contribution in [0.1, 0.15) is 31.1 Å². The van der Waals surface area contributed by atoms with Crippen molar-refractivity contribution in [3.05, 3.63) is 35.6 Å². The molecule has 7 nitrogen and oxygen atoms in total. The van der Waals surface area contributed by atoms with E-state index in [1.165, 1.54) is 0 Å². The molecule has 0 aromatic carbocycles. The first kappa shape index (κ1) is 13.6. The number of nitrogens with zero attached hydrogens (tertiary/aromatic N) is 5. The summed E-state index contributed by atoms with van der Waals surface area (Å²) in [5.74, 6) is 2.26. The number of rotatable bonds is 4. The van der Waals surface area contributed by atoms with E-state index in [0.29, 0.717) is 17.8 Å². The number of nitrogens with one attached hydrogen (secondary N) is 1. The van der Waals surface area contributed by atoms with E-state index in [-0.39, 0.29) is 6.04 Å². The number of hydrogen-bond donors (Lipinski definition) is 1. The Morgan fingerprint density at radius 1 is 1.45 bits per heavy atom. The molecule has 22 heavy (non-hydrogen) atoms. The van der Waals surface area contributed by atoms with Crippen molar-refractivity contribution in [2.75, 3.05) is 0 Å². The zero-order valence-electron chi connectivity index (χ0n) is 12.1. The van der Waals surface area contributed by atoms with Gasteiger partial charge in [0.05, 0.1) is 17.5 Å². The van der Waals surface area contributed by atoms with Crippen molar-refractivity contribution in [2.24, 2.45) is 0 Å². The lowest BCUT2D eigenvalue weighted by molar-refractivity contribution is 0.310. The molecule has 3 aromatic heterocycles. The molecule has 4 heterocycles. The van der Waals surface area contributed by atoms with Gasteiger partial charge in [-0.15, -0.1) is 21.5 Å². The lowest BCUT2D eigenvalue weighted by Crippen LogP contribution is -2.39. The Morgan fingerprint density at radius 3 is 3.27 bits per heavy atom. The van der Waals surface area contributed by atoms with Crippen molar-refractivity contribution in [3.63, 3.8) is 0 Å². The van der Waals surface area contributed by atoms with E-state index in [1.54, 1.807) is 17.7 Å². The molecule has 1 aliphatic heterocycles. The van der Waals surface area contributed by atoms with E-state index in [1.807, 2.05) is 29.1 Å². The lowest BCUT2D eigenvalue weighted by Gasteiger charge is -2.25. The number of thiophene rings is 1. The maximum absolute atomic E-state index is 5.78. The third kappa shape index (κ3) is 2.55. The molecule has 1 N–H and O–H groups in total. The third-order valence-electron chi connectivity index (χ3n) is 3.83. The first-order valence-corrected chi connectivity index (χ1v) is 8.17. The highest BCUT2D eigenvalue weighted by molar-refractivity contribution is 7.13. The van der Waals surface area contributed by atoms with E-state index >= 15 is 0 Å². The van der Waals surface area contributed by atoms with Crippen LogP contribution in [0, 0.1) is 0 Å². The molecule has 0 aliphatic carbocycles. The zero-order chi connectivity index (χ0) is 14.9. The number of fused-ring (bicyclic) bond motifs is 1. The quantitative estimate of drug-likeness (QED) is 0.793. The standard InChI is InChI=1S/C14H16N6OS/c1-9(13-18-19-14(21-13)11-3-2-6-22-11)17-10-4-5-12-15-8-16-20(12)7-10/h2-3,6,8-10,17H,4-5,7H2,1H3/t9-,10-/m0/s1. The van der Waals surface area contributed by atoms with Crippen LogP contribution in [0.25, 0.3) is 10.8 Å². The van der Waals surface area contributed by atoms with Gasteiger partial charge >= 0.3 is 0 Å². The van der Waals surface area contributed by atoms with Gasteiger partial charge in [0.25, 0.3) is 5.89 Å². The van der Waals surface area contributed by atoms with Gasteiger partial charge in [0.2, 0.25) is 5.89 Å². The molecular weight excluding hydrogens is 300 g/mol. The predicted octanol–water partition coefficient (Wildman–Crippen LogP) is 2.06. The summed E-state index contributed by atoms with van der Waals surface area (Å²) in [6.45, 7) is 2.87. The minimum atomic E-state index is 0.0104. The molecule has 0 spiro atoms. The molecular formula is C14H16N6OS. The lowest BCUT2D eigenvalue weighted by atomic mass is 10.1. The maximum Gasteiger partial charge on any atom is 0.257 e. The van der Waals surface area contributed by atoms with Crippen molar-refractivity contribution in [3.8, 4) is 10.8 Å². The molecule has 8 heteroatoms. The first-order chi connectivity index (χ1) is 10.8. The Labute approximate surface area is 131 Å². The summed E-state index contributed by atoms with van der Waals surface area (Å²) in [7, 11) is 0. The minimum absolute atomic E-state index is 0.0104. The van der Waals surface area contributed by atoms with Crippen LogP contribution in [-0.4, -0.2) is 31.0 Å². The number of aromatic nitrogens is 5. The van der Waals surface area contributed by atoms with Crippen molar-refractivity contribution in [1.29, 1.82) is 0 Å². The minimum Gasteiger partial charge on any atom is -0.418 e. The molecule has 0 saturated carbocycles. The largest absolute Gasteiger partial charge is 0.418 e. The highest BCUT2D eigenvalue weighted by Gasteiger charge is 2.23. The molecule has 0 saturated heterocycles. The number of hydrogen-bond acceptors (Lipinski definition) is 7. The predicted molar refractivity (Wildman–Crippen MR) is 81.3 cm³/mol. The summed E-state index contributed by atoms with van der Waals surface area (Å²) in [4.78, 5) is 5.24. The Hall–Kier alpha value is -2.06. The topological polar surface area (TPSA) is 81.7 Å². The van der Waals surface area contributed by atoms with E-state index in [9.17, 15) is 0 Å². The molecule has 0 radical (unpaired) electrons. The van der Waals surface area contributed by atoms with Gasteiger partial charge in [-0.05, 0) is 24.8 Å². The third-order valence-corrected chi connectivity index (χ3v) is 4.69. The van der Waals surface area contributed by atoms with Gasteiger partial charge in [0.1, 0.15) is 12.2 Å². The van der Waals surface area contributed by atoms with E-state index in [4.69, 9.17) is 4.42 Å². The van der Waals surface area contributed by atoms with E-state index in [2.05, 4.69) is 25.6 Å². The van der Waals surface area contributed by atoms with Gasteiger partial charge < -0.3 is 9.73 Å². The molecule has 3 aromatic rings. The molecule has 0 fully saturated rings. The normalized spacial score (nSPS) is 19.0. The monoisotopic (exact) mass is 316 g/mol. The molecule has 1 aliphatic rings. The van der Waals surface area contributed by atoms with Gasteiger partial charge in [-0.2, -0.15) is 5.10 Å².